The summed E-state index contributed by atoms with van der Waals surface area (Å²) >= 11 is 0. The number of nitrogens with one attached hydrogen (secondary N) is 2. The second-order valence-electron chi connectivity index (χ2n) is 11.1. The summed E-state index contributed by atoms with van der Waals surface area (Å²) in [4.78, 5) is 17.1. The lowest BCUT2D eigenvalue weighted by atomic mass is 9.98. The number of methoxy groups -OCH3 is 1. The summed E-state index contributed by atoms with van der Waals surface area (Å²) in [5, 5.41) is 4.80. The molecule has 0 aromatic heterocycles. The van der Waals surface area contributed by atoms with E-state index in [1.165, 1.54) is 25.3 Å². The molecule has 2 aromatic rings. The normalized spacial score (nSPS) is 19.4. The lowest BCUT2D eigenvalue weighted by Crippen LogP contribution is -2.41. The van der Waals surface area contributed by atoms with Crippen molar-refractivity contribution < 1.29 is 27.1 Å². The van der Waals surface area contributed by atoms with Gasteiger partial charge >= 0.3 is 6.18 Å². The third-order valence-electron chi connectivity index (χ3n) is 7.55. The number of nitrogens with zero attached hydrogens (tertiary/aromatic N) is 2. The smallest absolute Gasteiger partial charge is 0.390 e. The molecule has 43 heavy (non-hydrogen) atoms. The van der Waals surface area contributed by atoms with Crippen LogP contribution in [0.5, 0.6) is 5.75 Å². The number of hydrogen-bond acceptors (Lipinski definition) is 5. The lowest BCUT2D eigenvalue weighted by molar-refractivity contribution is -0.132. The van der Waals surface area contributed by atoms with E-state index in [-0.39, 0.29) is 17.9 Å². The van der Waals surface area contributed by atoms with Crippen molar-refractivity contribution >= 4 is 22.9 Å². The Morgan fingerprint density at radius 3 is 2.60 bits per heavy atom. The molecule has 1 atom stereocenters. The fourth-order valence-corrected chi connectivity index (χ4v) is 5.07. The standard InChI is InChI=1S/C33H34F4N4O2/c1-19-5-11-29-28(38-14-13-33(35,36)37)18-27(21(3)26-17-23(34)7-12-31(26)43-4)40-41(29)30(15-19)22-6-10-25(20(2)16-22)32(42)39-24-8-9-24/h6-7,10-12,15-19,24,40H,3,5,8-9,13-14H2,1-2,4H3,(H,39,42). The number of aryl methyl sites for hydroxylation is 1. The number of halogens is 4. The second-order valence-corrected chi connectivity index (χ2v) is 11.1. The van der Waals surface area contributed by atoms with Crippen molar-refractivity contribution in [3.05, 3.63) is 101 Å². The van der Waals surface area contributed by atoms with Crippen LogP contribution in [-0.2, 0) is 0 Å². The highest BCUT2D eigenvalue weighted by Gasteiger charge is 2.31. The number of rotatable bonds is 8. The van der Waals surface area contributed by atoms with Crippen molar-refractivity contribution in [2.45, 2.75) is 51.7 Å². The van der Waals surface area contributed by atoms with Gasteiger partial charge in [-0.3, -0.25) is 20.2 Å². The van der Waals surface area contributed by atoms with Crippen molar-refractivity contribution in [1.29, 1.82) is 0 Å². The van der Waals surface area contributed by atoms with Crippen LogP contribution in [0, 0.1) is 18.7 Å². The molecule has 1 aliphatic carbocycles. The molecule has 0 saturated heterocycles. The van der Waals surface area contributed by atoms with E-state index < -0.39 is 25.0 Å². The first-order valence-corrected chi connectivity index (χ1v) is 14.2. The van der Waals surface area contributed by atoms with Crippen LogP contribution in [0.25, 0.3) is 11.3 Å². The number of hydrazine groups is 1. The average molecular weight is 595 g/mol. The molecule has 1 fully saturated rings. The van der Waals surface area contributed by atoms with Gasteiger partial charge in [0.1, 0.15) is 11.6 Å². The monoisotopic (exact) mass is 594 g/mol. The van der Waals surface area contributed by atoms with E-state index in [9.17, 15) is 22.4 Å². The van der Waals surface area contributed by atoms with Crippen LogP contribution in [0.2, 0.25) is 0 Å². The number of carbonyl (C=O) groups excluding carboxylic acids is 1. The molecule has 0 radical (unpaired) electrons. The summed E-state index contributed by atoms with van der Waals surface area (Å²) in [6.45, 7) is 7.64. The molecule has 1 unspecified atom stereocenters. The molecule has 1 saturated carbocycles. The summed E-state index contributed by atoms with van der Waals surface area (Å²) < 4.78 is 58.9. The Balaban J connectivity index is 1.56. The molecule has 2 heterocycles. The number of allylic oxidation sites excluding steroid dienone is 4. The summed E-state index contributed by atoms with van der Waals surface area (Å²) in [5.41, 5.74) is 8.39. The van der Waals surface area contributed by atoms with Crippen LogP contribution < -0.4 is 15.5 Å². The van der Waals surface area contributed by atoms with Gasteiger partial charge in [0.2, 0.25) is 0 Å². The number of alkyl halides is 3. The Kier molecular flexibility index (Phi) is 8.48. The van der Waals surface area contributed by atoms with Crippen LogP contribution in [0.1, 0.15) is 59.7 Å². The Hall–Kier alpha value is -4.34. The zero-order chi connectivity index (χ0) is 30.9. The van der Waals surface area contributed by atoms with Crippen LogP contribution in [0.4, 0.5) is 17.6 Å². The van der Waals surface area contributed by atoms with Gasteiger partial charge in [0.05, 0.1) is 36.3 Å². The number of hydrogen-bond donors (Lipinski definition) is 2. The van der Waals surface area contributed by atoms with Gasteiger partial charge in [0, 0.05) is 34.9 Å². The van der Waals surface area contributed by atoms with E-state index in [0.29, 0.717) is 46.0 Å². The first-order valence-electron chi connectivity index (χ1n) is 14.2. The molecule has 10 heteroatoms. The van der Waals surface area contributed by atoms with Crippen molar-refractivity contribution in [1.82, 2.24) is 15.8 Å². The topological polar surface area (TPSA) is 66.0 Å². The molecule has 2 aliphatic heterocycles. The third kappa shape index (κ3) is 7.01. The van der Waals surface area contributed by atoms with Crippen molar-refractivity contribution in [2.24, 2.45) is 10.9 Å². The van der Waals surface area contributed by atoms with Crippen LogP contribution in [-0.4, -0.2) is 42.5 Å². The number of amides is 1. The molecular weight excluding hydrogens is 560 g/mol. The SMILES string of the molecule is C=C(C1=CC(=NCCC(F)(F)F)C2=CCC(C)C=C(c3ccc(C(=O)NC4CC4)c(C)c3)N2N1)c1cc(F)ccc1OC. The van der Waals surface area contributed by atoms with E-state index >= 15 is 0 Å². The molecule has 0 spiro atoms. The number of fused-ring (bicyclic) bond motifs is 1. The lowest BCUT2D eigenvalue weighted by Gasteiger charge is -2.36. The van der Waals surface area contributed by atoms with E-state index in [4.69, 9.17) is 4.74 Å². The van der Waals surface area contributed by atoms with Crippen LogP contribution in [0.3, 0.4) is 0 Å². The number of ether oxygens (including phenoxy) is 1. The van der Waals surface area contributed by atoms with E-state index in [1.54, 1.807) is 17.2 Å². The van der Waals surface area contributed by atoms with E-state index in [2.05, 4.69) is 28.4 Å². The van der Waals surface area contributed by atoms with Crippen molar-refractivity contribution in [3.63, 3.8) is 0 Å². The number of carbonyl (C=O) groups is 1. The Labute approximate surface area is 248 Å². The number of benzene rings is 2. The van der Waals surface area contributed by atoms with Crippen molar-refractivity contribution in [3.8, 4) is 5.75 Å². The molecule has 5 rings (SSSR count). The first-order chi connectivity index (χ1) is 20.4. The molecule has 2 N–H and O–H groups in total. The highest BCUT2D eigenvalue weighted by atomic mass is 19.4. The predicted octanol–water partition coefficient (Wildman–Crippen LogP) is 7.11. The maximum atomic E-state index is 14.3. The summed E-state index contributed by atoms with van der Waals surface area (Å²) in [7, 11) is 1.46. The largest absolute Gasteiger partial charge is 0.496 e. The highest BCUT2D eigenvalue weighted by Crippen LogP contribution is 2.37. The fourth-order valence-electron chi connectivity index (χ4n) is 5.07. The van der Waals surface area contributed by atoms with Gasteiger partial charge in [0.25, 0.3) is 5.91 Å². The van der Waals surface area contributed by atoms with E-state index in [0.717, 1.165) is 29.7 Å². The van der Waals surface area contributed by atoms with Gasteiger partial charge < -0.3 is 10.1 Å². The minimum atomic E-state index is -4.36. The zero-order valence-corrected chi connectivity index (χ0v) is 24.3. The Bertz CT molecular complexity index is 1570. The molecule has 0 bridgehead atoms. The van der Waals surface area contributed by atoms with Gasteiger partial charge in [-0.05, 0) is 74.1 Å². The average Bonchev–Trinajstić information content (AvgIpc) is 3.79. The minimum absolute atomic E-state index is 0.0828. The fraction of sp³-hybridized carbons (Fsp3) is 0.333. The predicted molar refractivity (Wildman–Crippen MR) is 160 cm³/mol. The molecule has 1 amide bonds. The number of aliphatic imine (C=N–C) groups is 1. The molecule has 226 valence electrons. The summed E-state index contributed by atoms with van der Waals surface area (Å²) in [6.07, 6.45) is 2.81. The van der Waals surface area contributed by atoms with E-state index in [1.807, 2.05) is 32.1 Å². The summed E-state index contributed by atoms with van der Waals surface area (Å²) in [6, 6.07) is 9.87. The van der Waals surface area contributed by atoms with Gasteiger partial charge in [-0.2, -0.15) is 13.2 Å². The third-order valence-corrected chi connectivity index (χ3v) is 7.55. The minimum Gasteiger partial charge on any atom is -0.496 e. The van der Waals surface area contributed by atoms with Gasteiger partial charge in [0.15, 0.2) is 0 Å². The van der Waals surface area contributed by atoms with Gasteiger partial charge in [-0.1, -0.05) is 31.7 Å². The summed E-state index contributed by atoms with van der Waals surface area (Å²) in [5.74, 6) is -0.129. The van der Waals surface area contributed by atoms with Crippen molar-refractivity contribution in [2.75, 3.05) is 13.7 Å². The van der Waals surface area contributed by atoms with Crippen LogP contribution >= 0.6 is 0 Å². The maximum Gasteiger partial charge on any atom is 0.390 e. The second kappa shape index (κ2) is 12.1. The van der Waals surface area contributed by atoms with Crippen LogP contribution in [0.15, 0.2) is 77.6 Å². The first kappa shape index (κ1) is 30.1. The molecular formula is C33H34F4N4O2. The maximum absolute atomic E-state index is 14.3. The Morgan fingerprint density at radius 2 is 1.93 bits per heavy atom. The zero-order valence-electron chi connectivity index (χ0n) is 24.3. The highest BCUT2D eigenvalue weighted by molar-refractivity contribution is 6.12. The van der Waals surface area contributed by atoms with Gasteiger partial charge in [-0.15, -0.1) is 0 Å². The Morgan fingerprint density at radius 1 is 1.16 bits per heavy atom. The van der Waals surface area contributed by atoms with Gasteiger partial charge in [-0.25, -0.2) is 4.39 Å². The quantitative estimate of drug-likeness (QED) is 0.320. The molecule has 2 aromatic carbocycles. The molecule has 3 aliphatic rings. The molecule has 6 nitrogen and oxygen atoms in total.